The fraction of sp³-hybridized carbons (Fsp3) is 0.174. The predicted octanol–water partition coefficient (Wildman–Crippen LogP) is 5.22. The average molecular weight is 358 g/mol. The Bertz CT molecular complexity index is 1080. The molecule has 27 heavy (non-hydrogen) atoms. The molecule has 0 atom stereocenters. The number of carbonyl (C=O) groups is 1. The van der Waals surface area contributed by atoms with Gasteiger partial charge in [-0.05, 0) is 43.3 Å². The van der Waals surface area contributed by atoms with Gasteiger partial charge in [-0.2, -0.15) is 0 Å². The van der Waals surface area contributed by atoms with E-state index in [1.165, 1.54) is 16.4 Å². The number of nitrogens with one attached hydrogen (secondary N) is 1. The van der Waals surface area contributed by atoms with Crippen LogP contribution in [-0.2, 0) is 11.3 Å². The molecular weight excluding hydrogens is 336 g/mol. The molecule has 4 nitrogen and oxygen atoms in total. The lowest BCUT2D eigenvalue weighted by atomic mass is 10.1. The van der Waals surface area contributed by atoms with E-state index in [0.717, 1.165) is 23.4 Å². The maximum absolute atomic E-state index is 12.3. The van der Waals surface area contributed by atoms with Crippen molar-refractivity contribution in [3.8, 4) is 5.75 Å². The molecule has 136 valence electrons. The number of aryl methyl sites for hydroxylation is 1. The quantitative estimate of drug-likeness (QED) is 0.513. The van der Waals surface area contributed by atoms with Crippen LogP contribution in [0.25, 0.3) is 21.8 Å². The van der Waals surface area contributed by atoms with E-state index in [1.807, 2.05) is 42.5 Å². The third-order valence-electron chi connectivity index (χ3n) is 4.71. The Morgan fingerprint density at radius 1 is 0.926 bits per heavy atom. The molecule has 0 unspecified atom stereocenters. The highest BCUT2D eigenvalue weighted by Gasteiger charge is 2.10. The van der Waals surface area contributed by atoms with Gasteiger partial charge in [0.2, 0.25) is 5.91 Å². The zero-order valence-corrected chi connectivity index (χ0v) is 15.3. The maximum atomic E-state index is 12.3. The second-order valence-corrected chi connectivity index (χ2v) is 6.45. The van der Waals surface area contributed by atoms with E-state index in [4.69, 9.17) is 4.74 Å². The Morgan fingerprint density at radius 3 is 2.48 bits per heavy atom. The van der Waals surface area contributed by atoms with Crippen LogP contribution in [0.3, 0.4) is 0 Å². The van der Waals surface area contributed by atoms with Gasteiger partial charge in [0, 0.05) is 34.0 Å². The molecule has 0 fully saturated rings. The lowest BCUT2D eigenvalue weighted by Crippen LogP contribution is -2.15. The molecule has 0 bridgehead atoms. The van der Waals surface area contributed by atoms with E-state index in [9.17, 15) is 4.79 Å². The van der Waals surface area contributed by atoms with E-state index in [2.05, 4.69) is 47.1 Å². The number of ether oxygens (including phenoxy) is 1. The molecule has 0 aliphatic heterocycles. The van der Waals surface area contributed by atoms with Gasteiger partial charge in [-0.15, -0.1) is 0 Å². The molecule has 1 N–H and O–H groups in total. The lowest BCUT2D eigenvalue weighted by molar-refractivity contribution is -0.116. The molecule has 1 aromatic heterocycles. The van der Waals surface area contributed by atoms with Crippen molar-refractivity contribution < 1.29 is 9.53 Å². The van der Waals surface area contributed by atoms with Crippen LogP contribution in [0.4, 0.5) is 5.69 Å². The summed E-state index contributed by atoms with van der Waals surface area (Å²) in [5.74, 6) is 0.726. The molecule has 0 saturated heterocycles. The molecule has 4 rings (SSSR count). The Labute approximate surface area is 158 Å². The molecule has 4 aromatic rings. The number of fused-ring (bicyclic) bond motifs is 3. The second kappa shape index (κ2) is 7.54. The third-order valence-corrected chi connectivity index (χ3v) is 4.71. The van der Waals surface area contributed by atoms with Crippen LogP contribution in [0.1, 0.15) is 13.3 Å². The summed E-state index contributed by atoms with van der Waals surface area (Å²) in [4.78, 5) is 12.3. The summed E-state index contributed by atoms with van der Waals surface area (Å²) in [6.07, 6.45) is 0.309. The van der Waals surface area contributed by atoms with Crippen LogP contribution in [0, 0.1) is 0 Å². The van der Waals surface area contributed by atoms with Crippen LogP contribution in [0.15, 0.2) is 72.8 Å². The largest absolute Gasteiger partial charge is 0.493 e. The van der Waals surface area contributed by atoms with Gasteiger partial charge in [0.15, 0.2) is 0 Å². The third kappa shape index (κ3) is 3.51. The Kier molecular flexibility index (Phi) is 4.79. The van der Waals surface area contributed by atoms with Crippen molar-refractivity contribution in [1.29, 1.82) is 0 Å². The molecular formula is C23H22N2O2. The predicted molar refractivity (Wildman–Crippen MR) is 110 cm³/mol. The first-order valence-corrected chi connectivity index (χ1v) is 9.25. The monoisotopic (exact) mass is 358 g/mol. The van der Waals surface area contributed by atoms with Crippen molar-refractivity contribution in [1.82, 2.24) is 4.57 Å². The molecule has 0 radical (unpaired) electrons. The Hall–Kier alpha value is -3.27. The Morgan fingerprint density at radius 2 is 1.67 bits per heavy atom. The number of amides is 1. The van der Waals surface area contributed by atoms with Gasteiger partial charge in [-0.3, -0.25) is 4.79 Å². The van der Waals surface area contributed by atoms with Gasteiger partial charge in [0.25, 0.3) is 0 Å². The molecule has 0 spiro atoms. The first kappa shape index (κ1) is 17.2. The van der Waals surface area contributed by atoms with Gasteiger partial charge >= 0.3 is 0 Å². The number of para-hydroxylation sites is 2. The Balaban J connectivity index is 1.49. The summed E-state index contributed by atoms with van der Waals surface area (Å²) in [6.45, 7) is 3.41. The highest BCUT2D eigenvalue weighted by atomic mass is 16.5. The normalized spacial score (nSPS) is 11.0. The second-order valence-electron chi connectivity index (χ2n) is 6.45. The minimum absolute atomic E-state index is 0.0514. The zero-order chi connectivity index (χ0) is 18.6. The first-order valence-electron chi connectivity index (χ1n) is 9.25. The molecule has 1 amide bonds. The number of carbonyl (C=O) groups excluding carboxylic acids is 1. The maximum Gasteiger partial charge on any atom is 0.227 e. The minimum atomic E-state index is -0.0514. The number of rotatable bonds is 6. The smallest absolute Gasteiger partial charge is 0.227 e. The standard InChI is InChI=1S/C23H22N2O2/c1-2-25-21-11-7-6-10-19(21)20-16-17(12-13-22(20)25)24-23(26)14-15-27-18-8-4-3-5-9-18/h3-13,16H,2,14-15H2,1H3,(H,24,26). The number of aromatic nitrogens is 1. The molecule has 0 aliphatic rings. The molecule has 4 heteroatoms. The van der Waals surface area contributed by atoms with E-state index >= 15 is 0 Å². The van der Waals surface area contributed by atoms with E-state index < -0.39 is 0 Å². The fourth-order valence-corrected chi connectivity index (χ4v) is 3.47. The first-order chi connectivity index (χ1) is 13.3. The number of hydrogen-bond donors (Lipinski definition) is 1. The molecule has 0 aliphatic carbocycles. The van der Waals surface area contributed by atoms with Crippen molar-refractivity contribution in [2.24, 2.45) is 0 Å². The van der Waals surface area contributed by atoms with Crippen LogP contribution < -0.4 is 10.1 Å². The molecule has 1 heterocycles. The van der Waals surface area contributed by atoms with Crippen molar-refractivity contribution >= 4 is 33.4 Å². The van der Waals surface area contributed by atoms with Crippen LogP contribution in [-0.4, -0.2) is 17.1 Å². The van der Waals surface area contributed by atoms with Gasteiger partial charge in [0.05, 0.1) is 13.0 Å². The number of anilines is 1. The minimum Gasteiger partial charge on any atom is -0.493 e. The summed E-state index contributed by atoms with van der Waals surface area (Å²) in [6, 6.07) is 24.0. The number of benzene rings is 3. The van der Waals surface area contributed by atoms with Crippen LogP contribution >= 0.6 is 0 Å². The van der Waals surface area contributed by atoms with Crippen molar-refractivity contribution in [2.45, 2.75) is 19.9 Å². The van der Waals surface area contributed by atoms with E-state index in [-0.39, 0.29) is 5.91 Å². The van der Waals surface area contributed by atoms with E-state index in [1.54, 1.807) is 0 Å². The zero-order valence-electron chi connectivity index (χ0n) is 15.3. The average Bonchev–Trinajstić information content (AvgIpc) is 3.02. The molecule has 3 aromatic carbocycles. The van der Waals surface area contributed by atoms with Crippen molar-refractivity contribution in [3.05, 3.63) is 72.8 Å². The lowest BCUT2D eigenvalue weighted by Gasteiger charge is -2.08. The highest BCUT2D eigenvalue weighted by molar-refractivity contribution is 6.09. The molecule has 0 saturated carbocycles. The van der Waals surface area contributed by atoms with Crippen LogP contribution in [0.2, 0.25) is 0 Å². The SMILES string of the molecule is CCn1c2ccccc2c2cc(NC(=O)CCOc3ccccc3)ccc21. The van der Waals surface area contributed by atoms with Gasteiger partial charge in [0.1, 0.15) is 5.75 Å². The van der Waals surface area contributed by atoms with E-state index in [0.29, 0.717) is 13.0 Å². The van der Waals surface area contributed by atoms with Crippen LogP contribution in [0.5, 0.6) is 5.75 Å². The number of hydrogen-bond acceptors (Lipinski definition) is 2. The fourth-order valence-electron chi connectivity index (χ4n) is 3.47. The number of nitrogens with zero attached hydrogens (tertiary/aromatic N) is 1. The summed E-state index contributed by atoms with van der Waals surface area (Å²) in [5.41, 5.74) is 3.21. The topological polar surface area (TPSA) is 43.3 Å². The highest BCUT2D eigenvalue weighted by Crippen LogP contribution is 2.31. The summed E-state index contributed by atoms with van der Waals surface area (Å²) in [5, 5.41) is 5.35. The van der Waals surface area contributed by atoms with Gasteiger partial charge in [-0.25, -0.2) is 0 Å². The van der Waals surface area contributed by atoms with Gasteiger partial charge < -0.3 is 14.6 Å². The van der Waals surface area contributed by atoms with Gasteiger partial charge in [-0.1, -0.05) is 36.4 Å². The van der Waals surface area contributed by atoms with Crippen molar-refractivity contribution in [2.75, 3.05) is 11.9 Å². The van der Waals surface area contributed by atoms with Crippen molar-refractivity contribution in [3.63, 3.8) is 0 Å². The summed E-state index contributed by atoms with van der Waals surface area (Å²) < 4.78 is 7.89. The summed E-state index contributed by atoms with van der Waals surface area (Å²) >= 11 is 0. The summed E-state index contributed by atoms with van der Waals surface area (Å²) in [7, 11) is 0.